The molecule has 0 fully saturated rings. The molecule has 0 radical (unpaired) electrons. The van der Waals surface area contributed by atoms with Crippen molar-refractivity contribution in [2.24, 2.45) is 0 Å². The van der Waals surface area contributed by atoms with E-state index in [0.717, 1.165) is 0 Å². The lowest BCUT2D eigenvalue weighted by Crippen LogP contribution is -2.63. The van der Waals surface area contributed by atoms with Crippen LogP contribution < -0.4 is 0 Å². The molecule has 1 unspecified atom stereocenters. The predicted molar refractivity (Wildman–Crippen MR) is 144 cm³/mol. The van der Waals surface area contributed by atoms with E-state index in [1.54, 1.807) is 27.7 Å². The van der Waals surface area contributed by atoms with Crippen LogP contribution in [0.3, 0.4) is 0 Å². The van der Waals surface area contributed by atoms with Crippen LogP contribution in [0.4, 0.5) is 0 Å². The maximum atomic E-state index is 13.3. The third-order valence-electron chi connectivity index (χ3n) is 3.76. The highest BCUT2D eigenvalue weighted by Crippen LogP contribution is 2.41. The smallest absolute Gasteiger partial charge is 0.460 e. The molecule has 0 aliphatic rings. The summed E-state index contributed by atoms with van der Waals surface area (Å²) in [4.78, 5) is 26.0. The lowest BCUT2D eigenvalue weighted by molar-refractivity contribution is -0.145. The molecular weight excluding hydrogens is 489 g/mol. The first-order valence-corrected chi connectivity index (χ1v) is 23.9. The summed E-state index contributed by atoms with van der Waals surface area (Å²) in [6, 6.07) is 0. The second-order valence-corrected chi connectivity index (χ2v) is 28.8. The molecule has 33 heavy (non-hydrogen) atoms. The lowest BCUT2D eigenvalue weighted by Gasteiger charge is -2.46. The summed E-state index contributed by atoms with van der Waals surface area (Å²) >= 11 is 0. The zero-order valence-corrected chi connectivity index (χ0v) is 27.4. The van der Waals surface area contributed by atoms with Gasteiger partial charge in [0.05, 0.1) is 23.3 Å². The number of carbonyl (C=O) groups excluding carboxylic acids is 2. The largest absolute Gasteiger partial charge is 0.477 e. The average molecular weight is 537 g/mol. The fourth-order valence-electron chi connectivity index (χ4n) is 3.19. The zero-order chi connectivity index (χ0) is 26.4. The Morgan fingerprint density at radius 1 is 0.697 bits per heavy atom. The Hall–Kier alpha value is -0.572. The Labute approximate surface area is 206 Å². The van der Waals surface area contributed by atoms with Crippen molar-refractivity contribution < 1.29 is 31.4 Å². The van der Waals surface area contributed by atoms with Crippen molar-refractivity contribution in [2.75, 3.05) is 0 Å². The third-order valence-corrected chi connectivity index (χ3v) is 16.1. The standard InChI is InChI=1S/C22H48O7Si4/c1-15-20(19(22(24)26-18(4)5)16-21(23)25-17(2)3)33(27-30(6,7)8,28-31(9,10)11)29-32(12,13)14/h16-18,20H,15H2,1-14H3/b19-16-. The molecule has 0 bridgehead atoms. The van der Waals surface area contributed by atoms with Gasteiger partial charge in [0.25, 0.3) is 0 Å². The van der Waals surface area contributed by atoms with Gasteiger partial charge in [0.1, 0.15) is 0 Å². The molecule has 11 heteroatoms. The maximum Gasteiger partial charge on any atom is 0.477 e. The fraction of sp³-hybridized carbons (Fsp3) is 0.818. The van der Waals surface area contributed by atoms with Crippen LogP contribution >= 0.6 is 0 Å². The van der Waals surface area contributed by atoms with E-state index >= 15 is 0 Å². The van der Waals surface area contributed by atoms with Gasteiger partial charge in [-0.3, -0.25) is 0 Å². The molecule has 0 aromatic carbocycles. The summed E-state index contributed by atoms with van der Waals surface area (Å²) in [7, 11) is -10.1. The molecule has 0 aromatic rings. The van der Waals surface area contributed by atoms with Gasteiger partial charge in [-0.05, 0) is 93.0 Å². The first kappa shape index (κ1) is 32.4. The van der Waals surface area contributed by atoms with E-state index in [-0.39, 0.29) is 17.8 Å². The lowest BCUT2D eigenvalue weighted by atomic mass is 10.1. The van der Waals surface area contributed by atoms with Crippen molar-refractivity contribution in [1.82, 2.24) is 0 Å². The Kier molecular flexibility index (Phi) is 12.2. The van der Waals surface area contributed by atoms with E-state index in [4.69, 9.17) is 21.8 Å². The highest BCUT2D eigenvalue weighted by atomic mass is 28.5. The predicted octanol–water partition coefficient (Wildman–Crippen LogP) is 6.09. The van der Waals surface area contributed by atoms with E-state index in [1.807, 2.05) is 6.92 Å². The molecule has 7 nitrogen and oxygen atoms in total. The number of ether oxygens (including phenoxy) is 2. The second kappa shape index (κ2) is 12.4. The molecule has 0 aliphatic heterocycles. The zero-order valence-electron chi connectivity index (χ0n) is 23.4. The molecule has 0 heterocycles. The fourth-order valence-corrected chi connectivity index (χ4v) is 17.9. The van der Waals surface area contributed by atoms with Crippen LogP contribution in [-0.4, -0.2) is 57.9 Å². The molecule has 0 rings (SSSR count). The molecular formula is C22H48O7Si4. The normalized spacial score (nSPS) is 15.1. The maximum absolute atomic E-state index is 13.3. The summed E-state index contributed by atoms with van der Waals surface area (Å²) in [6.07, 6.45) is 1.10. The van der Waals surface area contributed by atoms with Crippen LogP contribution in [0.1, 0.15) is 41.0 Å². The van der Waals surface area contributed by atoms with Gasteiger partial charge >= 0.3 is 20.7 Å². The Morgan fingerprint density at radius 2 is 1.06 bits per heavy atom. The second-order valence-electron chi connectivity index (χ2n) is 11.7. The van der Waals surface area contributed by atoms with Crippen molar-refractivity contribution in [3.63, 3.8) is 0 Å². The van der Waals surface area contributed by atoms with Crippen molar-refractivity contribution >= 4 is 45.7 Å². The van der Waals surface area contributed by atoms with E-state index in [1.165, 1.54) is 6.08 Å². The van der Waals surface area contributed by atoms with E-state index in [0.29, 0.717) is 6.42 Å². The van der Waals surface area contributed by atoms with Crippen LogP contribution in [0.2, 0.25) is 64.5 Å². The highest BCUT2D eigenvalue weighted by molar-refractivity contribution is 6.91. The van der Waals surface area contributed by atoms with Gasteiger partial charge in [-0.25, -0.2) is 9.59 Å². The monoisotopic (exact) mass is 536 g/mol. The van der Waals surface area contributed by atoms with Crippen LogP contribution in [0.5, 0.6) is 0 Å². The minimum atomic E-state index is -3.51. The Morgan fingerprint density at radius 3 is 1.33 bits per heavy atom. The van der Waals surface area contributed by atoms with Gasteiger partial charge < -0.3 is 21.8 Å². The molecule has 0 aromatic heterocycles. The van der Waals surface area contributed by atoms with E-state index < -0.39 is 51.2 Å². The molecule has 0 N–H and O–H groups in total. The summed E-state index contributed by atoms with van der Waals surface area (Å²) in [5.74, 6) is -1.15. The van der Waals surface area contributed by atoms with Crippen molar-refractivity contribution in [1.29, 1.82) is 0 Å². The van der Waals surface area contributed by atoms with Crippen LogP contribution in [0.15, 0.2) is 11.6 Å². The van der Waals surface area contributed by atoms with Gasteiger partial charge in [0, 0.05) is 6.08 Å². The highest BCUT2D eigenvalue weighted by Gasteiger charge is 2.57. The van der Waals surface area contributed by atoms with E-state index in [2.05, 4.69) is 58.9 Å². The number of esters is 2. The summed E-state index contributed by atoms with van der Waals surface area (Å²) < 4.78 is 31.4. The summed E-state index contributed by atoms with van der Waals surface area (Å²) in [5, 5.41) is 0. The molecule has 0 saturated carbocycles. The topological polar surface area (TPSA) is 80.3 Å². The van der Waals surface area contributed by atoms with Crippen molar-refractivity contribution in [2.45, 2.75) is 118 Å². The number of rotatable bonds is 13. The van der Waals surface area contributed by atoms with Crippen LogP contribution in [0.25, 0.3) is 0 Å². The van der Waals surface area contributed by atoms with Gasteiger partial charge in [0.15, 0.2) is 25.0 Å². The van der Waals surface area contributed by atoms with Gasteiger partial charge in [-0.15, -0.1) is 0 Å². The Balaban J connectivity index is 7.04. The van der Waals surface area contributed by atoms with Crippen molar-refractivity contribution in [3.8, 4) is 0 Å². The molecule has 0 saturated heterocycles. The minimum Gasteiger partial charge on any atom is -0.460 e. The summed E-state index contributed by atoms with van der Waals surface area (Å²) in [5.41, 5.74) is -0.341. The molecule has 0 amide bonds. The minimum absolute atomic E-state index is 0.207. The quantitative estimate of drug-likeness (QED) is 0.160. The molecule has 1 atom stereocenters. The molecule has 0 aliphatic carbocycles. The van der Waals surface area contributed by atoms with Crippen molar-refractivity contribution in [3.05, 3.63) is 11.6 Å². The first-order valence-electron chi connectivity index (χ1n) is 11.8. The number of carbonyl (C=O) groups is 2. The van der Waals surface area contributed by atoms with Crippen LogP contribution in [-0.2, 0) is 31.4 Å². The number of hydrogen-bond donors (Lipinski definition) is 0. The third kappa shape index (κ3) is 13.2. The Bertz CT molecular complexity index is 646. The number of hydrogen-bond acceptors (Lipinski definition) is 7. The van der Waals surface area contributed by atoms with Gasteiger partial charge in [-0.1, -0.05) is 6.92 Å². The average Bonchev–Trinajstić information content (AvgIpc) is 2.47. The molecule has 0 spiro atoms. The van der Waals surface area contributed by atoms with Gasteiger partial charge in [-0.2, -0.15) is 0 Å². The molecule has 194 valence electrons. The van der Waals surface area contributed by atoms with Gasteiger partial charge in [0.2, 0.25) is 0 Å². The first-order chi connectivity index (χ1) is 14.6. The van der Waals surface area contributed by atoms with E-state index in [9.17, 15) is 9.59 Å². The SMILES string of the molecule is CCC(/C(=C/C(=O)OC(C)C)C(=O)OC(C)C)[Si](O[Si](C)(C)C)(O[Si](C)(C)C)O[Si](C)(C)C. The van der Waals surface area contributed by atoms with Crippen LogP contribution in [0, 0.1) is 0 Å². The summed E-state index contributed by atoms with van der Waals surface area (Å²) in [6.45, 7) is 27.9.